The summed E-state index contributed by atoms with van der Waals surface area (Å²) >= 11 is 4.99. The number of halogens is 1. The number of fused-ring (bicyclic) bond motifs is 1. The summed E-state index contributed by atoms with van der Waals surface area (Å²) in [6.07, 6.45) is 5.77. The van der Waals surface area contributed by atoms with Gasteiger partial charge in [-0.3, -0.25) is 4.79 Å². The molecule has 1 atom stereocenters. The number of nitrogens with zero attached hydrogens (tertiary/aromatic N) is 1. The molecule has 4 rings (SSSR count). The highest BCUT2D eigenvalue weighted by molar-refractivity contribution is 7.90. The minimum absolute atomic E-state index is 0.117. The summed E-state index contributed by atoms with van der Waals surface area (Å²) in [4.78, 5) is 15.6. The van der Waals surface area contributed by atoms with E-state index in [1.807, 2.05) is 66.7 Å². The highest BCUT2D eigenvalue weighted by Gasteiger charge is 2.48. The van der Waals surface area contributed by atoms with E-state index >= 15 is 0 Å². The Morgan fingerprint density at radius 2 is 1.97 bits per heavy atom. The maximum absolute atomic E-state index is 12.6. The minimum Gasteiger partial charge on any atom is -0.616 e. The van der Waals surface area contributed by atoms with Crippen LogP contribution in [0, 0.1) is 5.41 Å². The summed E-state index contributed by atoms with van der Waals surface area (Å²) in [7, 11) is 0. The summed E-state index contributed by atoms with van der Waals surface area (Å²) < 4.78 is 12.6. The lowest BCUT2D eigenvalue weighted by Gasteiger charge is -2.17. The molecule has 30 heavy (non-hydrogen) atoms. The van der Waals surface area contributed by atoms with Gasteiger partial charge in [-0.2, -0.15) is 0 Å². The molecule has 1 aliphatic carbocycles. The number of carbonyl (C=O) groups is 1. The Kier molecular flexibility index (Phi) is 6.14. The van der Waals surface area contributed by atoms with Gasteiger partial charge in [0.15, 0.2) is 0 Å². The van der Waals surface area contributed by atoms with Crippen molar-refractivity contribution in [2.75, 3.05) is 5.75 Å². The van der Waals surface area contributed by atoms with Gasteiger partial charge >= 0.3 is 5.97 Å². The average molecular weight is 440 g/mol. The summed E-state index contributed by atoms with van der Waals surface area (Å²) in [5.74, 6) is 0.0971. The maximum atomic E-state index is 12.6. The van der Waals surface area contributed by atoms with Crippen LogP contribution < -0.4 is 0 Å². The lowest BCUT2D eigenvalue weighted by atomic mass is 10.1. The van der Waals surface area contributed by atoms with Crippen LogP contribution in [0.2, 0.25) is 5.02 Å². The van der Waals surface area contributed by atoms with E-state index in [2.05, 4.69) is 4.98 Å². The monoisotopic (exact) mass is 439 g/mol. The zero-order valence-corrected chi connectivity index (χ0v) is 18.0. The topological polar surface area (TPSA) is 73.2 Å². The Morgan fingerprint density at radius 3 is 2.73 bits per heavy atom. The van der Waals surface area contributed by atoms with Gasteiger partial charge in [0.05, 0.1) is 17.6 Å². The molecule has 0 bridgehead atoms. The maximum Gasteiger partial charge on any atom is 0.304 e. The van der Waals surface area contributed by atoms with Crippen molar-refractivity contribution in [3.05, 3.63) is 76.4 Å². The molecule has 1 fully saturated rings. The van der Waals surface area contributed by atoms with Crippen molar-refractivity contribution < 1.29 is 14.5 Å². The van der Waals surface area contributed by atoms with Crippen LogP contribution >= 0.6 is 11.6 Å². The van der Waals surface area contributed by atoms with Crippen molar-refractivity contribution in [3.8, 4) is 0 Å². The van der Waals surface area contributed by atoms with Crippen LogP contribution in [0.5, 0.6) is 0 Å². The molecular formula is C24H22ClNO3S. The number of hydrogen-bond acceptors (Lipinski definition) is 3. The number of hydrogen-bond donors (Lipinski definition) is 1. The standard InChI is InChI=1S/C24H22ClNO3S/c25-20-7-5-19-6-9-21(26-22(19)13-20)8-4-17-2-1-3-18(12-17)15-30(29)16-24(10-11-24)14-23(27)28/h1-9,12-13H,10-11,14-16H2,(H,27,28)/b8-4+. The number of benzene rings is 2. The normalized spacial score (nSPS) is 16.1. The van der Waals surface area contributed by atoms with Crippen LogP contribution in [0.4, 0.5) is 0 Å². The quantitative estimate of drug-likeness (QED) is 0.466. The summed E-state index contributed by atoms with van der Waals surface area (Å²) in [5.41, 5.74) is 3.43. The predicted octanol–water partition coefficient (Wildman–Crippen LogP) is 5.56. The van der Waals surface area contributed by atoms with Crippen LogP contribution in [0.25, 0.3) is 23.1 Å². The first kappa shape index (κ1) is 20.9. The Labute approximate surface area is 183 Å². The number of aromatic nitrogens is 1. The third-order valence-electron chi connectivity index (χ3n) is 5.35. The number of aliphatic carboxylic acids is 1. The molecule has 1 aromatic heterocycles. The number of rotatable bonds is 8. The third-order valence-corrected chi connectivity index (χ3v) is 7.18. The minimum atomic E-state index is -1.07. The van der Waals surface area contributed by atoms with E-state index in [1.165, 1.54) is 0 Å². The smallest absolute Gasteiger partial charge is 0.304 e. The van der Waals surface area contributed by atoms with E-state index in [0.717, 1.165) is 40.6 Å². The molecule has 154 valence electrons. The molecule has 1 saturated carbocycles. The molecule has 1 aliphatic rings. The summed E-state index contributed by atoms with van der Waals surface area (Å²) in [5, 5.41) is 10.7. The van der Waals surface area contributed by atoms with Crippen molar-refractivity contribution in [2.45, 2.75) is 25.0 Å². The number of carboxylic acid groups (broad SMARTS) is 1. The zero-order valence-electron chi connectivity index (χ0n) is 16.4. The van der Waals surface area contributed by atoms with Crippen molar-refractivity contribution in [1.82, 2.24) is 4.98 Å². The molecule has 4 nitrogen and oxygen atoms in total. The lowest BCUT2D eigenvalue weighted by Crippen LogP contribution is -2.21. The number of pyridine rings is 1. The first-order chi connectivity index (χ1) is 14.4. The molecule has 6 heteroatoms. The molecule has 1 unspecified atom stereocenters. The van der Waals surface area contributed by atoms with Crippen molar-refractivity contribution >= 4 is 51.8 Å². The lowest BCUT2D eigenvalue weighted by molar-refractivity contribution is -0.138. The predicted molar refractivity (Wildman–Crippen MR) is 123 cm³/mol. The van der Waals surface area contributed by atoms with E-state index in [9.17, 15) is 9.35 Å². The first-order valence-corrected chi connectivity index (χ1v) is 11.7. The van der Waals surface area contributed by atoms with E-state index in [0.29, 0.717) is 16.5 Å². The fraction of sp³-hybridized carbons (Fsp3) is 0.250. The first-order valence-electron chi connectivity index (χ1n) is 9.81. The molecule has 1 N–H and O–H groups in total. The fourth-order valence-corrected chi connectivity index (χ4v) is 5.51. The third kappa shape index (κ3) is 5.42. The highest BCUT2D eigenvalue weighted by Crippen LogP contribution is 2.50. The van der Waals surface area contributed by atoms with E-state index in [1.54, 1.807) is 0 Å². The second-order valence-electron chi connectivity index (χ2n) is 7.95. The molecule has 1 heterocycles. The highest BCUT2D eigenvalue weighted by atomic mass is 35.5. The van der Waals surface area contributed by atoms with Gasteiger partial charge in [-0.05, 0) is 59.9 Å². The van der Waals surface area contributed by atoms with Crippen LogP contribution in [0.15, 0.2) is 54.6 Å². The second kappa shape index (κ2) is 8.80. The molecule has 0 aliphatic heterocycles. The van der Waals surface area contributed by atoms with Crippen LogP contribution in [-0.2, 0) is 21.7 Å². The van der Waals surface area contributed by atoms with E-state index in [4.69, 9.17) is 16.7 Å². The average Bonchev–Trinajstić information content (AvgIpc) is 3.43. The van der Waals surface area contributed by atoms with Crippen LogP contribution in [0.3, 0.4) is 0 Å². The van der Waals surface area contributed by atoms with Gasteiger partial charge in [-0.15, -0.1) is 0 Å². The summed E-state index contributed by atoms with van der Waals surface area (Å²) in [6, 6.07) is 17.5. The molecule has 0 saturated heterocycles. The molecule has 0 radical (unpaired) electrons. The second-order valence-corrected chi connectivity index (χ2v) is 9.84. The van der Waals surface area contributed by atoms with Gasteiger partial charge in [0.1, 0.15) is 11.5 Å². The Morgan fingerprint density at radius 1 is 1.17 bits per heavy atom. The summed E-state index contributed by atoms with van der Waals surface area (Å²) in [6.45, 7) is 0. The van der Waals surface area contributed by atoms with Crippen molar-refractivity contribution in [2.24, 2.45) is 5.41 Å². The fourth-order valence-electron chi connectivity index (χ4n) is 3.62. The van der Waals surface area contributed by atoms with Crippen LogP contribution in [-0.4, -0.2) is 26.4 Å². The number of carboxylic acids is 1. The van der Waals surface area contributed by atoms with E-state index < -0.39 is 17.1 Å². The SMILES string of the molecule is O=C(O)CC1(C[S+]([O-])Cc2cccc(/C=C/c3ccc4ccc(Cl)cc4n3)c2)CC1. The van der Waals surface area contributed by atoms with E-state index in [-0.39, 0.29) is 11.8 Å². The van der Waals surface area contributed by atoms with Crippen molar-refractivity contribution in [3.63, 3.8) is 0 Å². The van der Waals surface area contributed by atoms with Gasteiger partial charge < -0.3 is 9.66 Å². The van der Waals surface area contributed by atoms with Gasteiger partial charge in [0.2, 0.25) is 0 Å². The molecule has 2 aromatic carbocycles. The Balaban J connectivity index is 1.42. The largest absolute Gasteiger partial charge is 0.616 e. The van der Waals surface area contributed by atoms with Gasteiger partial charge in [-0.1, -0.05) is 48.0 Å². The molecular weight excluding hydrogens is 418 g/mol. The zero-order chi connectivity index (χ0) is 21.1. The Hall–Kier alpha value is -2.34. The Bertz CT molecular complexity index is 1110. The molecule has 0 spiro atoms. The van der Waals surface area contributed by atoms with Crippen molar-refractivity contribution in [1.29, 1.82) is 0 Å². The molecule has 3 aromatic rings. The molecule has 0 amide bonds. The van der Waals surface area contributed by atoms with Gasteiger partial charge in [0, 0.05) is 21.4 Å². The van der Waals surface area contributed by atoms with Crippen LogP contribution in [0.1, 0.15) is 36.1 Å². The van der Waals surface area contributed by atoms with Gasteiger partial charge in [-0.25, -0.2) is 4.98 Å². The van der Waals surface area contributed by atoms with Gasteiger partial charge in [0.25, 0.3) is 0 Å².